The van der Waals surface area contributed by atoms with E-state index in [0.717, 1.165) is 33.5 Å². The maximum atomic E-state index is 3.79. The van der Waals surface area contributed by atoms with Gasteiger partial charge in [0.05, 0.1) is 5.69 Å². The van der Waals surface area contributed by atoms with Gasteiger partial charge in [-0.15, -0.1) is 11.3 Å². The topological polar surface area (TPSA) is 24.1 Å². The Labute approximate surface area is 213 Å². The van der Waals surface area contributed by atoms with E-state index in [1.807, 2.05) is 0 Å². The van der Waals surface area contributed by atoms with E-state index in [-0.39, 0.29) is 0 Å². The second-order valence-corrected chi connectivity index (χ2v) is 13.6. The fraction of sp³-hybridized carbons (Fsp3) is 0.667. The molecule has 5 rings (SSSR count). The van der Waals surface area contributed by atoms with Crippen LogP contribution >= 0.6 is 19.9 Å². The fourth-order valence-electron chi connectivity index (χ4n) is 6.07. The van der Waals surface area contributed by atoms with E-state index in [1.165, 1.54) is 80.5 Å². The minimum Gasteiger partial charge on any atom is -0.385 e. The van der Waals surface area contributed by atoms with Gasteiger partial charge in [0.15, 0.2) is 0 Å². The molecule has 2 fully saturated rings. The zero-order chi connectivity index (χ0) is 23.7. The fourth-order valence-corrected chi connectivity index (χ4v) is 8.72. The third kappa shape index (κ3) is 5.52. The van der Waals surface area contributed by atoms with Crippen molar-refractivity contribution in [2.75, 3.05) is 18.4 Å². The van der Waals surface area contributed by atoms with Crippen LogP contribution in [-0.4, -0.2) is 13.1 Å². The van der Waals surface area contributed by atoms with E-state index in [9.17, 15) is 0 Å². The predicted molar refractivity (Wildman–Crippen MR) is 153 cm³/mol. The SMILES string of the molecule is CCCNC1=C/C(=C(\C)C(CCCC2CC2)C(C)c2sc(C)c3c2CCCN3)PC=C1C1CC1. The minimum atomic E-state index is 0.609. The molecular formula is C30H45N2PS. The smallest absolute Gasteiger partial charge is 0.0514 e. The Kier molecular flexibility index (Phi) is 7.91. The number of aryl methyl sites for hydroxylation is 1. The van der Waals surface area contributed by atoms with Crippen LogP contribution in [0.5, 0.6) is 0 Å². The molecule has 2 aliphatic heterocycles. The van der Waals surface area contributed by atoms with Crippen molar-refractivity contribution in [3.8, 4) is 0 Å². The van der Waals surface area contributed by atoms with Crippen LogP contribution in [0.25, 0.3) is 0 Å². The first kappa shape index (κ1) is 24.6. The largest absolute Gasteiger partial charge is 0.385 e. The number of allylic oxidation sites excluding steroid dienone is 4. The maximum Gasteiger partial charge on any atom is 0.0514 e. The standard InChI is InChI=1S/C30H45N2PS/c1-5-15-31-27-17-28(33-18-26(27)23-13-14-23)19(2)24(9-6-8-22-11-12-22)20(3)30-25-10-7-16-32-29(25)21(4)34-30/h17-18,20,22-24,31-33H,5-16H2,1-4H3/b28-19-. The van der Waals surface area contributed by atoms with Gasteiger partial charge in [0.25, 0.3) is 0 Å². The second-order valence-electron chi connectivity index (χ2n) is 11.3. The van der Waals surface area contributed by atoms with E-state index in [1.54, 1.807) is 26.9 Å². The van der Waals surface area contributed by atoms with Gasteiger partial charge >= 0.3 is 0 Å². The number of thiophene rings is 1. The van der Waals surface area contributed by atoms with E-state index < -0.39 is 0 Å². The van der Waals surface area contributed by atoms with Gasteiger partial charge in [0.2, 0.25) is 0 Å². The number of nitrogens with one attached hydrogen (secondary N) is 2. The van der Waals surface area contributed by atoms with Crippen molar-refractivity contribution >= 4 is 25.6 Å². The Morgan fingerprint density at radius 3 is 2.82 bits per heavy atom. The highest BCUT2D eigenvalue weighted by atomic mass is 32.1. The Balaban J connectivity index is 1.43. The molecule has 0 amide bonds. The van der Waals surface area contributed by atoms with Crippen molar-refractivity contribution in [2.45, 2.75) is 97.8 Å². The van der Waals surface area contributed by atoms with E-state index in [0.29, 0.717) is 11.8 Å². The summed E-state index contributed by atoms with van der Waals surface area (Å²) in [6, 6.07) is 0. The molecule has 2 saturated carbocycles. The molecule has 0 aromatic carbocycles. The van der Waals surface area contributed by atoms with Gasteiger partial charge in [0.1, 0.15) is 0 Å². The molecule has 34 heavy (non-hydrogen) atoms. The van der Waals surface area contributed by atoms with Gasteiger partial charge in [-0.05, 0) is 98.6 Å². The van der Waals surface area contributed by atoms with E-state index >= 15 is 0 Å². The average molecular weight is 497 g/mol. The maximum absolute atomic E-state index is 3.79. The highest BCUT2D eigenvalue weighted by Gasteiger charge is 2.32. The molecule has 3 heterocycles. The minimum absolute atomic E-state index is 0.609. The highest BCUT2D eigenvalue weighted by Crippen LogP contribution is 2.50. The third-order valence-electron chi connectivity index (χ3n) is 8.51. The third-order valence-corrected chi connectivity index (χ3v) is 11.2. The molecule has 186 valence electrons. The quantitative estimate of drug-likeness (QED) is 0.299. The van der Waals surface area contributed by atoms with Crippen molar-refractivity contribution < 1.29 is 0 Å². The zero-order valence-electron chi connectivity index (χ0n) is 21.9. The molecule has 2 N–H and O–H groups in total. The van der Waals surface area contributed by atoms with Crippen LogP contribution < -0.4 is 10.6 Å². The monoisotopic (exact) mass is 496 g/mol. The summed E-state index contributed by atoms with van der Waals surface area (Å²) in [6.07, 6.45) is 16.2. The summed E-state index contributed by atoms with van der Waals surface area (Å²) in [7, 11) is 0.837. The lowest BCUT2D eigenvalue weighted by Crippen LogP contribution is -2.19. The van der Waals surface area contributed by atoms with Crippen molar-refractivity contribution in [1.82, 2.24) is 5.32 Å². The molecule has 0 bridgehead atoms. The van der Waals surface area contributed by atoms with Gasteiger partial charge in [-0.1, -0.05) is 59.5 Å². The Morgan fingerprint density at radius 2 is 2.09 bits per heavy atom. The summed E-state index contributed by atoms with van der Waals surface area (Å²) >= 11 is 2.08. The van der Waals surface area contributed by atoms with Crippen LogP contribution in [0.15, 0.2) is 34.1 Å². The van der Waals surface area contributed by atoms with Gasteiger partial charge in [-0.3, -0.25) is 0 Å². The number of rotatable bonds is 11. The number of hydrogen-bond donors (Lipinski definition) is 2. The number of fused-ring (bicyclic) bond motifs is 1. The molecule has 4 aliphatic rings. The zero-order valence-corrected chi connectivity index (χ0v) is 23.7. The molecule has 0 spiro atoms. The summed E-state index contributed by atoms with van der Waals surface area (Å²) in [6.45, 7) is 11.9. The van der Waals surface area contributed by atoms with Crippen LogP contribution in [0.1, 0.15) is 99.8 Å². The lowest BCUT2D eigenvalue weighted by Gasteiger charge is -2.29. The van der Waals surface area contributed by atoms with Crippen LogP contribution in [0.4, 0.5) is 5.69 Å². The Bertz CT molecular complexity index is 976. The van der Waals surface area contributed by atoms with Gasteiger partial charge in [-0.2, -0.15) is 0 Å². The van der Waals surface area contributed by atoms with E-state index in [2.05, 4.69) is 61.6 Å². The average Bonchev–Trinajstić information content (AvgIpc) is 3.79. The molecule has 4 heteroatoms. The molecule has 3 unspecified atom stereocenters. The number of hydrogen-bond acceptors (Lipinski definition) is 3. The summed E-state index contributed by atoms with van der Waals surface area (Å²) in [5, 5.41) is 9.14. The summed E-state index contributed by atoms with van der Waals surface area (Å²) < 4.78 is 0. The molecule has 0 radical (unpaired) electrons. The van der Waals surface area contributed by atoms with Gasteiger partial charge < -0.3 is 10.6 Å². The van der Waals surface area contributed by atoms with Gasteiger partial charge in [-0.25, -0.2) is 0 Å². The van der Waals surface area contributed by atoms with Gasteiger partial charge in [0, 0.05) is 28.5 Å². The van der Waals surface area contributed by atoms with Crippen LogP contribution in [0.3, 0.4) is 0 Å². The van der Waals surface area contributed by atoms with Crippen LogP contribution in [0, 0.1) is 24.7 Å². The van der Waals surface area contributed by atoms with Crippen molar-refractivity contribution in [3.05, 3.63) is 49.4 Å². The van der Waals surface area contributed by atoms with Crippen molar-refractivity contribution in [3.63, 3.8) is 0 Å². The summed E-state index contributed by atoms with van der Waals surface area (Å²) in [4.78, 5) is 3.18. The first-order valence-corrected chi connectivity index (χ1v) is 16.0. The molecule has 3 atom stereocenters. The second kappa shape index (κ2) is 10.9. The molecule has 0 saturated heterocycles. The lowest BCUT2D eigenvalue weighted by atomic mass is 9.80. The molecular weight excluding hydrogens is 451 g/mol. The molecule has 1 aromatic rings. The van der Waals surface area contributed by atoms with Crippen LogP contribution in [-0.2, 0) is 6.42 Å². The lowest BCUT2D eigenvalue weighted by molar-refractivity contribution is 0.447. The van der Waals surface area contributed by atoms with E-state index in [4.69, 9.17) is 0 Å². The Morgan fingerprint density at radius 1 is 1.26 bits per heavy atom. The van der Waals surface area contributed by atoms with Crippen molar-refractivity contribution in [2.24, 2.45) is 17.8 Å². The molecule has 2 nitrogen and oxygen atoms in total. The summed E-state index contributed by atoms with van der Waals surface area (Å²) in [5.41, 5.74) is 7.86. The van der Waals surface area contributed by atoms with Crippen LogP contribution in [0.2, 0.25) is 0 Å². The number of anilines is 1. The first-order valence-electron chi connectivity index (χ1n) is 14.1. The predicted octanol–water partition coefficient (Wildman–Crippen LogP) is 8.86. The van der Waals surface area contributed by atoms with Crippen molar-refractivity contribution in [1.29, 1.82) is 0 Å². The summed E-state index contributed by atoms with van der Waals surface area (Å²) in [5.74, 6) is 5.73. The normalized spacial score (nSPS) is 24.1. The molecule has 1 aromatic heterocycles. The first-order chi connectivity index (χ1) is 16.6. The molecule has 2 aliphatic carbocycles. The Hall–Kier alpha value is -1.05. The highest BCUT2D eigenvalue weighted by molar-refractivity contribution is 7.47.